The Bertz CT molecular complexity index is 446. The van der Waals surface area contributed by atoms with Crippen LogP contribution in [-0.2, 0) is 0 Å². The van der Waals surface area contributed by atoms with E-state index in [1.165, 1.54) is 0 Å². The van der Waals surface area contributed by atoms with Gasteiger partial charge in [-0.05, 0) is 31.9 Å². The number of hydrogen-bond donors (Lipinski definition) is 0. The Labute approximate surface area is 91.3 Å². The van der Waals surface area contributed by atoms with Crippen LogP contribution in [0.4, 0.5) is 13.2 Å². The first-order valence-electron chi connectivity index (χ1n) is 4.65. The molecule has 0 unspecified atom stereocenters. The van der Waals surface area contributed by atoms with Crippen molar-refractivity contribution in [1.82, 2.24) is 0 Å². The van der Waals surface area contributed by atoms with Crippen LogP contribution in [0.25, 0.3) is 5.53 Å². The minimum atomic E-state index is -4.65. The molecule has 0 radical (unpaired) electrons. The van der Waals surface area contributed by atoms with Crippen LogP contribution < -0.4 is 0 Å². The molecule has 1 aromatic carbocycles. The summed E-state index contributed by atoms with van der Waals surface area (Å²) in [4.78, 5) is 2.37. The van der Waals surface area contributed by atoms with E-state index in [1.807, 2.05) is 0 Å². The molecule has 2 nitrogen and oxygen atoms in total. The monoisotopic (exact) mass is 228 g/mol. The molecule has 0 aliphatic carbocycles. The van der Waals surface area contributed by atoms with Crippen LogP contribution in [-0.4, -0.2) is 16.7 Å². The number of nitrogens with zero attached hydrogens (tertiary/aromatic N) is 2. The summed E-state index contributed by atoms with van der Waals surface area (Å²) in [6.45, 7) is 4.92. The van der Waals surface area contributed by atoms with Crippen LogP contribution in [0, 0.1) is 20.8 Å². The van der Waals surface area contributed by atoms with E-state index in [0.29, 0.717) is 11.1 Å². The fourth-order valence-electron chi connectivity index (χ4n) is 1.80. The Morgan fingerprint density at radius 3 is 1.88 bits per heavy atom. The van der Waals surface area contributed by atoms with Gasteiger partial charge in [0.05, 0.1) is 5.56 Å². The Kier molecular flexibility index (Phi) is 3.19. The third-order valence-corrected chi connectivity index (χ3v) is 2.28. The topological polar surface area (TPSA) is 36.4 Å². The van der Waals surface area contributed by atoms with Crippen molar-refractivity contribution in [2.24, 2.45) is 0 Å². The molecular weight excluding hydrogens is 217 g/mol. The standard InChI is InChI=1S/C11H11F3N2/c1-6-4-7(2)9(8(3)5-6)10(16-15)11(12,13)14/h4-5H,1-3H3. The molecule has 0 aliphatic heterocycles. The fourth-order valence-corrected chi connectivity index (χ4v) is 1.80. The molecule has 1 aromatic rings. The van der Waals surface area contributed by atoms with E-state index < -0.39 is 11.9 Å². The third-order valence-electron chi connectivity index (χ3n) is 2.28. The summed E-state index contributed by atoms with van der Waals surface area (Å²) < 4.78 is 37.7. The van der Waals surface area contributed by atoms with Crippen LogP contribution in [0.3, 0.4) is 0 Å². The summed E-state index contributed by atoms with van der Waals surface area (Å²) in [7, 11) is 0. The average molecular weight is 228 g/mol. The molecule has 1 rings (SSSR count). The largest absolute Gasteiger partial charge is 0.495 e. The van der Waals surface area contributed by atoms with Crippen molar-refractivity contribution in [3.63, 3.8) is 0 Å². The van der Waals surface area contributed by atoms with Gasteiger partial charge in [0.25, 0.3) is 0 Å². The second-order valence-corrected chi connectivity index (χ2v) is 3.72. The van der Waals surface area contributed by atoms with Crippen LogP contribution in [0.2, 0.25) is 0 Å². The van der Waals surface area contributed by atoms with Gasteiger partial charge in [-0.15, -0.1) is 0 Å². The third kappa shape index (κ3) is 2.31. The highest BCUT2D eigenvalue weighted by atomic mass is 19.4. The van der Waals surface area contributed by atoms with Gasteiger partial charge in [0, 0.05) is 0 Å². The van der Waals surface area contributed by atoms with Crippen molar-refractivity contribution in [3.8, 4) is 0 Å². The lowest BCUT2D eigenvalue weighted by atomic mass is 9.96. The van der Waals surface area contributed by atoms with Crippen molar-refractivity contribution < 1.29 is 18.0 Å². The lowest BCUT2D eigenvalue weighted by Crippen LogP contribution is -2.26. The number of benzene rings is 1. The summed E-state index contributed by atoms with van der Waals surface area (Å²) in [6.07, 6.45) is -4.65. The molecule has 0 atom stereocenters. The molecule has 0 heterocycles. The molecule has 0 aromatic heterocycles. The van der Waals surface area contributed by atoms with E-state index in [1.54, 1.807) is 32.9 Å². The Hall–Kier alpha value is -1.61. The summed E-state index contributed by atoms with van der Waals surface area (Å²) in [6, 6.07) is 3.25. The van der Waals surface area contributed by atoms with Gasteiger partial charge in [0.15, 0.2) is 0 Å². The van der Waals surface area contributed by atoms with Gasteiger partial charge < -0.3 is 5.53 Å². The maximum atomic E-state index is 12.6. The van der Waals surface area contributed by atoms with Crippen LogP contribution >= 0.6 is 0 Å². The maximum absolute atomic E-state index is 12.6. The summed E-state index contributed by atoms with van der Waals surface area (Å²) >= 11 is 0. The Morgan fingerprint density at radius 2 is 1.56 bits per heavy atom. The number of rotatable bonds is 1. The van der Waals surface area contributed by atoms with E-state index in [0.717, 1.165) is 5.56 Å². The zero-order valence-electron chi connectivity index (χ0n) is 9.18. The molecule has 0 amide bonds. The lowest BCUT2D eigenvalue weighted by Gasteiger charge is -2.09. The van der Waals surface area contributed by atoms with E-state index >= 15 is 0 Å². The first-order chi connectivity index (χ1) is 7.27. The smallest absolute Gasteiger partial charge is 0.361 e. The number of alkyl halides is 3. The molecule has 16 heavy (non-hydrogen) atoms. The fraction of sp³-hybridized carbons (Fsp3) is 0.364. The predicted octanol–water partition coefficient (Wildman–Crippen LogP) is 3.19. The number of hydrogen-bond acceptors (Lipinski definition) is 0. The lowest BCUT2D eigenvalue weighted by molar-refractivity contribution is -0.111. The first-order valence-corrected chi connectivity index (χ1v) is 4.65. The normalized spacial score (nSPS) is 11.1. The van der Waals surface area contributed by atoms with Crippen LogP contribution in [0.15, 0.2) is 12.1 Å². The first kappa shape index (κ1) is 12.5. The summed E-state index contributed by atoms with van der Waals surface area (Å²) in [5, 5.41) is 0. The van der Waals surface area contributed by atoms with Gasteiger partial charge >= 0.3 is 11.9 Å². The SMILES string of the molecule is Cc1cc(C)c(C(=[N+]=[N-])C(F)(F)F)c(C)c1. The molecule has 0 saturated carbocycles. The van der Waals surface area contributed by atoms with E-state index in [4.69, 9.17) is 5.53 Å². The molecule has 0 spiro atoms. The minimum absolute atomic E-state index is 0.0550. The zero-order chi connectivity index (χ0) is 12.5. The van der Waals surface area contributed by atoms with Crippen LogP contribution in [0.1, 0.15) is 22.3 Å². The molecule has 0 saturated heterocycles. The van der Waals surface area contributed by atoms with Crippen molar-refractivity contribution in [3.05, 3.63) is 39.9 Å². The maximum Gasteiger partial charge on any atom is 0.495 e. The van der Waals surface area contributed by atoms with Gasteiger partial charge in [0.1, 0.15) is 0 Å². The van der Waals surface area contributed by atoms with Crippen molar-refractivity contribution in [2.75, 3.05) is 0 Å². The van der Waals surface area contributed by atoms with Crippen LogP contribution in [0.5, 0.6) is 0 Å². The predicted molar refractivity (Wildman–Crippen MR) is 54.4 cm³/mol. The summed E-state index contributed by atoms with van der Waals surface area (Å²) in [5.74, 6) is 0. The van der Waals surface area contributed by atoms with Gasteiger partial charge in [0.2, 0.25) is 0 Å². The van der Waals surface area contributed by atoms with Crippen molar-refractivity contribution >= 4 is 5.71 Å². The molecule has 0 N–H and O–H groups in total. The second kappa shape index (κ2) is 4.10. The molecular formula is C11H11F3N2. The molecule has 5 heteroatoms. The summed E-state index contributed by atoms with van der Waals surface area (Å²) in [5.41, 5.74) is 8.97. The highest BCUT2D eigenvalue weighted by Crippen LogP contribution is 2.26. The minimum Gasteiger partial charge on any atom is -0.361 e. The molecule has 0 fully saturated rings. The molecule has 0 aliphatic rings. The molecule has 0 bridgehead atoms. The Balaban J connectivity index is 3.51. The number of halogens is 3. The van der Waals surface area contributed by atoms with Crippen molar-refractivity contribution in [2.45, 2.75) is 26.9 Å². The van der Waals surface area contributed by atoms with Gasteiger partial charge in [-0.1, -0.05) is 17.7 Å². The van der Waals surface area contributed by atoms with E-state index in [9.17, 15) is 13.2 Å². The zero-order valence-corrected chi connectivity index (χ0v) is 9.18. The highest BCUT2D eigenvalue weighted by molar-refractivity contribution is 6.02. The number of aryl methyl sites for hydroxylation is 3. The van der Waals surface area contributed by atoms with E-state index in [2.05, 4.69) is 4.79 Å². The second-order valence-electron chi connectivity index (χ2n) is 3.72. The van der Waals surface area contributed by atoms with Crippen molar-refractivity contribution in [1.29, 1.82) is 0 Å². The average Bonchev–Trinajstić information content (AvgIpc) is 2.08. The van der Waals surface area contributed by atoms with Gasteiger partial charge in [-0.3, -0.25) is 0 Å². The van der Waals surface area contributed by atoms with E-state index in [-0.39, 0.29) is 5.56 Å². The Morgan fingerprint density at radius 1 is 1.12 bits per heavy atom. The highest BCUT2D eigenvalue weighted by Gasteiger charge is 2.46. The van der Waals surface area contributed by atoms with Gasteiger partial charge in [-0.25, -0.2) is 0 Å². The quantitative estimate of drug-likeness (QED) is 0.402. The van der Waals surface area contributed by atoms with Gasteiger partial charge in [-0.2, -0.15) is 18.0 Å². The molecule has 86 valence electrons.